The third-order valence-electron chi connectivity index (χ3n) is 3.46. The van der Waals surface area contributed by atoms with Gasteiger partial charge in [-0.25, -0.2) is 0 Å². The second-order valence-electron chi connectivity index (χ2n) is 4.92. The van der Waals surface area contributed by atoms with Gasteiger partial charge in [0.2, 0.25) is 0 Å². The van der Waals surface area contributed by atoms with E-state index in [2.05, 4.69) is 24.5 Å². The first-order valence-electron chi connectivity index (χ1n) is 6.40. The quantitative estimate of drug-likeness (QED) is 0.590. The Labute approximate surface area is 94.2 Å². The lowest BCUT2D eigenvalue weighted by atomic mass is 10.0. The fraction of sp³-hybridized carbons (Fsp3) is 1.00. The molecule has 1 saturated heterocycles. The summed E-state index contributed by atoms with van der Waals surface area (Å²) in [6.45, 7) is 8.82. The molecule has 0 radical (unpaired) electrons. The molecule has 4 N–H and O–H groups in total. The van der Waals surface area contributed by atoms with Gasteiger partial charge in [-0.3, -0.25) is 0 Å². The normalized spacial score (nSPS) is 28.2. The van der Waals surface area contributed by atoms with E-state index in [-0.39, 0.29) is 0 Å². The van der Waals surface area contributed by atoms with E-state index in [0.29, 0.717) is 6.04 Å². The first kappa shape index (κ1) is 12.9. The van der Waals surface area contributed by atoms with Crippen molar-refractivity contribution >= 4 is 0 Å². The van der Waals surface area contributed by atoms with Crippen LogP contribution in [0, 0.1) is 11.8 Å². The van der Waals surface area contributed by atoms with E-state index < -0.39 is 0 Å². The Morgan fingerprint density at radius 2 is 2.33 bits per heavy atom. The third-order valence-corrected chi connectivity index (χ3v) is 3.46. The molecular weight excluding hydrogens is 186 g/mol. The van der Waals surface area contributed by atoms with E-state index in [0.717, 1.165) is 31.3 Å². The highest BCUT2D eigenvalue weighted by molar-refractivity contribution is 4.79. The van der Waals surface area contributed by atoms with Gasteiger partial charge in [0.1, 0.15) is 0 Å². The second kappa shape index (κ2) is 7.20. The van der Waals surface area contributed by atoms with Gasteiger partial charge in [0.25, 0.3) is 0 Å². The standard InChI is InChI=1S/C12H27N3/c1-3-11(4-5-13)7-14-8-12-6-10(2)15-9-12/h10-12,14-15H,3-9,13H2,1-2H3. The lowest BCUT2D eigenvalue weighted by Crippen LogP contribution is -2.29. The van der Waals surface area contributed by atoms with Crippen LogP contribution in [0.1, 0.15) is 33.1 Å². The summed E-state index contributed by atoms with van der Waals surface area (Å²) in [4.78, 5) is 0. The molecule has 3 heteroatoms. The van der Waals surface area contributed by atoms with E-state index in [1.807, 2.05) is 0 Å². The lowest BCUT2D eigenvalue weighted by molar-refractivity contribution is 0.411. The zero-order chi connectivity index (χ0) is 11.1. The third kappa shape index (κ3) is 4.96. The molecule has 1 heterocycles. The summed E-state index contributed by atoms with van der Waals surface area (Å²) in [5.41, 5.74) is 5.58. The Balaban J connectivity index is 2.04. The molecule has 3 nitrogen and oxygen atoms in total. The average molecular weight is 213 g/mol. The predicted octanol–water partition coefficient (Wildman–Crippen LogP) is 0.949. The molecule has 3 unspecified atom stereocenters. The minimum absolute atomic E-state index is 0.711. The van der Waals surface area contributed by atoms with Gasteiger partial charge in [-0.05, 0) is 57.8 Å². The highest BCUT2D eigenvalue weighted by Crippen LogP contribution is 2.12. The summed E-state index contributed by atoms with van der Waals surface area (Å²) < 4.78 is 0. The zero-order valence-electron chi connectivity index (χ0n) is 10.3. The highest BCUT2D eigenvalue weighted by Gasteiger charge is 2.19. The largest absolute Gasteiger partial charge is 0.330 e. The van der Waals surface area contributed by atoms with Crippen LogP contribution < -0.4 is 16.4 Å². The van der Waals surface area contributed by atoms with Gasteiger partial charge in [-0.1, -0.05) is 13.3 Å². The van der Waals surface area contributed by atoms with Crippen LogP contribution in [0.15, 0.2) is 0 Å². The van der Waals surface area contributed by atoms with Crippen molar-refractivity contribution in [3.63, 3.8) is 0 Å². The van der Waals surface area contributed by atoms with Crippen LogP contribution in [0.3, 0.4) is 0 Å². The van der Waals surface area contributed by atoms with E-state index in [1.165, 1.54) is 25.9 Å². The molecule has 0 amide bonds. The summed E-state index contributed by atoms with van der Waals surface area (Å²) in [6.07, 6.45) is 3.72. The van der Waals surface area contributed by atoms with Crippen LogP contribution in [0.25, 0.3) is 0 Å². The monoisotopic (exact) mass is 213 g/mol. The Kier molecular flexibility index (Phi) is 6.22. The van der Waals surface area contributed by atoms with Gasteiger partial charge in [0, 0.05) is 6.04 Å². The molecule has 0 aliphatic carbocycles. The number of rotatable bonds is 7. The maximum absolute atomic E-state index is 5.58. The van der Waals surface area contributed by atoms with Gasteiger partial charge < -0.3 is 16.4 Å². The second-order valence-corrected chi connectivity index (χ2v) is 4.92. The van der Waals surface area contributed by atoms with Crippen molar-refractivity contribution in [2.75, 3.05) is 26.2 Å². The van der Waals surface area contributed by atoms with E-state index >= 15 is 0 Å². The maximum atomic E-state index is 5.58. The van der Waals surface area contributed by atoms with Crippen LogP contribution in [0.4, 0.5) is 0 Å². The Morgan fingerprint density at radius 1 is 1.53 bits per heavy atom. The molecule has 0 aromatic carbocycles. The molecule has 3 atom stereocenters. The SMILES string of the molecule is CCC(CCN)CNCC1CNC(C)C1. The fourth-order valence-corrected chi connectivity index (χ4v) is 2.37. The maximum Gasteiger partial charge on any atom is 0.00424 e. The van der Waals surface area contributed by atoms with Crippen molar-refractivity contribution in [3.8, 4) is 0 Å². The van der Waals surface area contributed by atoms with Gasteiger partial charge in [-0.15, -0.1) is 0 Å². The van der Waals surface area contributed by atoms with Gasteiger partial charge in [0.15, 0.2) is 0 Å². The molecule has 15 heavy (non-hydrogen) atoms. The Morgan fingerprint density at radius 3 is 2.87 bits per heavy atom. The number of hydrogen-bond donors (Lipinski definition) is 3. The molecule has 0 bridgehead atoms. The zero-order valence-corrected chi connectivity index (χ0v) is 10.3. The molecule has 1 fully saturated rings. The van der Waals surface area contributed by atoms with Gasteiger partial charge >= 0.3 is 0 Å². The molecule has 1 aliphatic rings. The number of hydrogen-bond acceptors (Lipinski definition) is 3. The van der Waals surface area contributed by atoms with Crippen LogP contribution in [0.5, 0.6) is 0 Å². The average Bonchev–Trinajstić information content (AvgIpc) is 2.63. The number of nitrogens with one attached hydrogen (secondary N) is 2. The number of nitrogens with two attached hydrogens (primary N) is 1. The van der Waals surface area contributed by atoms with Crippen molar-refractivity contribution in [1.82, 2.24) is 10.6 Å². The fourth-order valence-electron chi connectivity index (χ4n) is 2.37. The summed E-state index contributed by atoms with van der Waals surface area (Å²) in [5.74, 6) is 1.59. The summed E-state index contributed by atoms with van der Waals surface area (Å²) in [7, 11) is 0. The van der Waals surface area contributed by atoms with Crippen LogP contribution in [-0.2, 0) is 0 Å². The Bertz CT molecular complexity index is 157. The van der Waals surface area contributed by atoms with Crippen molar-refractivity contribution in [1.29, 1.82) is 0 Å². The molecule has 0 spiro atoms. The topological polar surface area (TPSA) is 50.1 Å². The summed E-state index contributed by atoms with van der Waals surface area (Å²) >= 11 is 0. The van der Waals surface area contributed by atoms with Crippen molar-refractivity contribution in [2.45, 2.75) is 39.2 Å². The lowest BCUT2D eigenvalue weighted by Gasteiger charge is -2.16. The molecule has 0 aromatic heterocycles. The summed E-state index contributed by atoms with van der Waals surface area (Å²) in [5, 5.41) is 7.07. The predicted molar refractivity (Wildman–Crippen MR) is 65.9 cm³/mol. The first-order chi connectivity index (χ1) is 7.26. The molecule has 1 aliphatic heterocycles. The molecule has 0 saturated carbocycles. The van der Waals surface area contributed by atoms with E-state index in [1.54, 1.807) is 0 Å². The highest BCUT2D eigenvalue weighted by atomic mass is 15.0. The van der Waals surface area contributed by atoms with Crippen LogP contribution >= 0.6 is 0 Å². The van der Waals surface area contributed by atoms with E-state index in [4.69, 9.17) is 5.73 Å². The van der Waals surface area contributed by atoms with Gasteiger partial charge in [0.05, 0.1) is 0 Å². The van der Waals surface area contributed by atoms with Crippen molar-refractivity contribution < 1.29 is 0 Å². The van der Waals surface area contributed by atoms with E-state index in [9.17, 15) is 0 Å². The van der Waals surface area contributed by atoms with Crippen LogP contribution in [-0.4, -0.2) is 32.2 Å². The smallest absolute Gasteiger partial charge is 0.00424 e. The minimum atomic E-state index is 0.711. The first-order valence-corrected chi connectivity index (χ1v) is 6.40. The molecule has 0 aromatic rings. The minimum Gasteiger partial charge on any atom is -0.330 e. The van der Waals surface area contributed by atoms with Gasteiger partial charge in [-0.2, -0.15) is 0 Å². The molecule has 90 valence electrons. The van der Waals surface area contributed by atoms with Crippen molar-refractivity contribution in [3.05, 3.63) is 0 Å². The Hall–Kier alpha value is -0.120. The van der Waals surface area contributed by atoms with Crippen molar-refractivity contribution in [2.24, 2.45) is 17.6 Å². The molecule has 1 rings (SSSR count). The summed E-state index contributed by atoms with van der Waals surface area (Å²) in [6, 6.07) is 0.711. The molecular formula is C12H27N3. The van der Waals surface area contributed by atoms with Crippen LogP contribution in [0.2, 0.25) is 0 Å².